The van der Waals surface area contributed by atoms with Crippen LogP contribution < -0.4 is 5.73 Å². The minimum absolute atomic E-state index is 0.00237. The van der Waals surface area contributed by atoms with Crippen LogP contribution in [0, 0.1) is 22.7 Å². The second-order valence-electron chi connectivity index (χ2n) is 10.4. The number of aliphatic hydroxyl groups excluding tert-OH is 1. The summed E-state index contributed by atoms with van der Waals surface area (Å²) in [6.45, 7) is 2.34. The van der Waals surface area contributed by atoms with E-state index in [0.717, 1.165) is 6.08 Å². The Morgan fingerprint density at radius 1 is 1.31 bits per heavy atom. The van der Waals surface area contributed by atoms with E-state index < -0.39 is 89.3 Å². The van der Waals surface area contributed by atoms with E-state index in [1.165, 1.54) is 19.1 Å². The SMILES string of the molecule is CC12CC(O)[C@@]3(F)C(C[C@H](F)C4=CC(=O)C=C[C@@]43C)C1CO[C@@H]2C(=O)COC(=O)C(N)CC(=O)O. The number of carbonyl (C=O) groups is 4. The number of rotatable bonds is 6. The maximum absolute atomic E-state index is 16.9. The smallest absolute Gasteiger partial charge is 0.323 e. The van der Waals surface area contributed by atoms with Crippen LogP contribution in [0.25, 0.3) is 0 Å². The number of fused-ring (bicyclic) bond motifs is 5. The van der Waals surface area contributed by atoms with Crippen molar-refractivity contribution in [1.82, 2.24) is 0 Å². The largest absolute Gasteiger partial charge is 0.481 e. The highest BCUT2D eigenvalue weighted by Crippen LogP contribution is 2.66. The average molecular weight is 497 g/mol. The van der Waals surface area contributed by atoms with Gasteiger partial charge in [-0.05, 0) is 43.4 Å². The molecule has 1 saturated heterocycles. The average Bonchev–Trinajstić information content (AvgIpc) is 3.11. The van der Waals surface area contributed by atoms with Gasteiger partial charge in [0.1, 0.15) is 18.3 Å². The van der Waals surface area contributed by atoms with Gasteiger partial charge in [0.05, 0.1) is 19.1 Å². The number of Topliss-reactive ketones (excluding diaryl/α,β-unsaturated/α-hetero) is 1. The van der Waals surface area contributed by atoms with E-state index in [0.29, 0.717) is 0 Å². The van der Waals surface area contributed by atoms with E-state index in [9.17, 15) is 24.3 Å². The Hall–Kier alpha value is -2.50. The molecule has 35 heavy (non-hydrogen) atoms. The maximum atomic E-state index is 16.9. The highest BCUT2D eigenvalue weighted by Gasteiger charge is 2.72. The molecule has 1 aliphatic heterocycles. The molecule has 3 fully saturated rings. The first-order chi connectivity index (χ1) is 16.3. The zero-order chi connectivity index (χ0) is 25.9. The van der Waals surface area contributed by atoms with Crippen molar-refractivity contribution in [1.29, 1.82) is 0 Å². The number of alkyl halides is 2. The van der Waals surface area contributed by atoms with E-state index >= 15 is 8.78 Å². The van der Waals surface area contributed by atoms with E-state index in [-0.39, 0.29) is 25.0 Å². The molecule has 192 valence electrons. The van der Waals surface area contributed by atoms with Crippen LogP contribution in [0.15, 0.2) is 23.8 Å². The predicted molar refractivity (Wildman–Crippen MR) is 115 cm³/mol. The molecule has 1 heterocycles. The van der Waals surface area contributed by atoms with Gasteiger partial charge in [-0.2, -0.15) is 0 Å². The van der Waals surface area contributed by atoms with Gasteiger partial charge >= 0.3 is 11.9 Å². The van der Waals surface area contributed by atoms with Crippen LogP contribution in [0.2, 0.25) is 0 Å². The highest BCUT2D eigenvalue weighted by molar-refractivity contribution is 6.01. The minimum Gasteiger partial charge on any atom is -0.481 e. The third kappa shape index (κ3) is 3.75. The number of hydrogen-bond acceptors (Lipinski definition) is 8. The fraction of sp³-hybridized carbons (Fsp3) is 0.667. The number of aliphatic hydroxyl groups is 1. The number of carboxylic acids is 1. The van der Waals surface area contributed by atoms with Gasteiger partial charge in [-0.15, -0.1) is 0 Å². The van der Waals surface area contributed by atoms with Gasteiger partial charge in [-0.1, -0.05) is 13.0 Å². The van der Waals surface area contributed by atoms with Gasteiger partial charge in [0.2, 0.25) is 0 Å². The van der Waals surface area contributed by atoms with Crippen molar-refractivity contribution in [2.24, 2.45) is 28.4 Å². The molecule has 9 atom stereocenters. The number of allylic oxidation sites excluding steroid dienone is 4. The molecule has 4 rings (SSSR count). The van der Waals surface area contributed by atoms with Gasteiger partial charge < -0.3 is 25.4 Å². The van der Waals surface area contributed by atoms with Gasteiger partial charge in [0.15, 0.2) is 23.8 Å². The Balaban J connectivity index is 1.56. The number of nitrogens with two attached hydrogens (primary N) is 1. The molecule has 0 aromatic heterocycles. The Morgan fingerprint density at radius 3 is 2.66 bits per heavy atom. The fourth-order valence-electron chi connectivity index (χ4n) is 6.65. The molecule has 2 saturated carbocycles. The van der Waals surface area contributed by atoms with Gasteiger partial charge in [0.25, 0.3) is 0 Å². The Kier molecular flexibility index (Phi) is 6.26. The summed E-state index contributed by atoms with van der Waals surface area (Å²) in [6.07, 6.45) is -1.85. The molecular weight excluding hydrogens is 468 g/mol. The lowest BCUT2D eigenvalue weighted by Crippen LogP contribution is -2.69. The zero-order valence-corrected chi connectivity index (χ0v) is 19.4. The van der Waals surface area contributed by atoms with Gasteiger partial charge in [-0.3, -0.25) is 19.2 Å². The summed E-state index contributed by atoms with van der Waals surface area (Å²) in [5, 5.41) is 19.9. The van der Waals surface area contributed by atoms with Crippen molar-refractivity contribution in [3.63, 3.8) is 0 Å². The lowest BCUT2D eigenvalue weighted by Gasteiger charge is -2.61. The van der Waals surface area contributed by atoms with Crippen LogP contribution >= 0.6 is 0 Å². The monoisotopic (exact) mass is 497 g/mol. The number of carboxylic acid groups (broad SMARTS) is 1. The van der Waals surface area contributed by atoms with Gasteiger partial charge in [-0.25, -0.2) is 8.78 Å². The van der Waals surface area contributed by atoms with Crippen LogP contribution in [-0.2, 0) is 28.7 Å². The van der Waals surface area contributed by atoms with Crippen LogP contribution in [0.1, 0.15) is 33.1 Å². The number of esters is 1. The number of halogens is 2. The molecule has 0 aromatic carbocycles. The van der Waals surface area contributed by atoms with Crippen LogP contribution in [-0.4, -0.2) is 77.0 Å². The van der Waals surface area contributed by atoms with Crippen molar-refractivity contribution < 1.29 is 47.6 Å². The van der Waals surface area contributed by atoms with Crippen molar-refractivity contribution >= 4 is 23.5 Å². The molecule has 9 nitrogen and oxygen atoms in total. The number of aliphatic carboxylic acids is 1. The summed E-state index contributed by atoms with van der Waals surface area (Å²) < 4.78 is 42.8. The molecule has 11 heteroatoms. The lowest BCUT2D eigenvalue weighted by atomic mass is 9.45. The molecule has 4 N–H and O–H groups in total. The maximum Gasteiger partial charge on any atom is 0.323 e. The quantitative estimate of drug-likeness (QED) is 0.453. The van der Waals surface area contributed by atoms with Crippen molar-refractivity contribution in [2.75, 3.05) is 13.2 Å². The number of hydrogen-bond donors (Lipinski definition) is 3. The minimum atomic E-state index is -2.29. The number of carbonyl (C=O) groups excluding carboxylic acids is 3. The van der Waals surface area contributed by atoms with Crippen molar-refractivity contribution in [3.05, 3.63) is 23.8 Å². The molecule has 3 aliphatic carbocycles. The second-order valence-corrected chi connectivity index (χ2v) is 10.4. The summed E-state index contributed by atoms with van der Waals surface area (Å²) >= 11 is 0. The summed E-state index contributed by atoms with van der Waals surface area (Å²) in [7, 11) is 0. The first-order valence-electron chi connectivity index (χ1n) is 11.5. The fourth-order valence-corrected chi connectivity index (χ4v) is 6.65. The van der Waals surface area contributed by atoms with E-state index in [1.54, 1.807) is 6.92 Å². The third-order valence-electron chi connectivity index (χ3n) is 8.45. The standard InChI is InChI=1S/C24H29F2NO8/c1-22-8-18(30)24(26)12(6-15(25)13-5-11(28)3-4-23(13,24)2)14(22)9-34-20(22)17(29)10-35-21(33)16(27)7-19(31)32/h3-5,12,14-16,18,20,30H,6-10,27H2,1-2H3,(H,31,32)/t12?,14?,15-,16?,18?,20+,22?,23-,24-/m0/s1. The van der Waals surface area contributed by atoms with Gasteiger partial charge in [0, 0.05) is 16.7 Å². The van der Waals surface area contributed by atoms with Crippen molar-refractivity contribution in [3.8, 4) is 0 Å². The summed E-state index contributed by atoms with van der Waals surface area (Å²) in [6, 6.07) is -1.45. The molecule has 0 aromatic rings. The first-order valence-corrected chi connectivity index (χ1v) is 11.5. The summed E-state index contributed by atoms with van der Waals surface area (Å²) in [4.78, 5) is 47.4. The summed E-state index contributed by atoms with van der Waals surface area (Å²) in [5.74, 6) is -5.08. The highest BCUT2D eigenvalue weighted by atomic mass is 19.1. The van der Waals surface area contributed by atoms with E-state index in [2.05, 4.69) is 0 Å². The van der Waals surface area contributed by atoms with E-state index in [4.69, 9.17) is 20.3 Å². The normalized spacial score (nSPS) is 42.9. The Bertz CT molecular complexity index is 1030. The molecule has 5 unspecified atom stereocenters. The number of ether oxygens (including phenoxy) is 2. The Morgan fingerprint density at radius 2 is 2.00 bits per heavy atom. The first kappa shape index (κ1) is 25.6. The predicted octanol–water partition coefficient (Wildman–Crippen LogP) is 0.825. The van der Waals surface area contributed by atoms with Crippen LogP contribution in [0.5, 0.6) is 0 Å². The zero-order valence-electron chi connectivity index (χ0n) is 19.4. The molecule has 0 amide bonds. The molecular formula is C24H29F2NO8. The topological polar surface area (TPSA) is 153 Å². The van der Waals surface area contributed by atoms with Crippen molar-refractivity contribution in [2.45, 2.75) is 63.2 Å². The number of ketones is 2. The lowest BCUT2D eigenvalue weighted by molar-refractivity contribution is -0.197. The molecule has 0 radical (unpaired) electrons. The van der Waals surface area contributed by atoms with E-state index in [1.807, 2.05) is 0 Å². The second kappa shape index (κ2) is 8.56. The van der Waals surface area contributed by atoms with Crippen LogP contribution in [0.4, 0.5) is 8.78 Å². The molecule has 0 bridgehead atoms. The molecule has 4 aliphatic rings. The van der Waals surface area contributed by atoms with Crippen LogP contribution in [0.3, 0.4) is 0 Å². The Labute approximate surface area is 200 Å². The molecule has 0 spiro atoms. The third-order valence-corrected chi connectivity index (χ3v) is 8.45. The summed E-state index contributed by atoms with van der Waals surface area (Å²) in [5.41, 5.74) is 0.544.